The SMILES string of the molecule is CO.COC(=O)C(c1ccccc1)C1CCCCC1.Cl.Cl.Cl.Cl.O.O=C(O)C(c1ccccc1)C1CCCCC1.O=C(O)C(c1ccccc1)C1CCCCC1. The molecule has 318 valence electrons. The Morgan fingerprint density at radius 1 is 0.464 bits per heavy atom. The standard InChI is InChI=1S/C15H20O2.2C14H18O2.CH4O.4ClH.H2O/c1-17-15(16)14(12-8-4-2-5-9-12)13-10-6-3-7-11-13;2*15-14(16)13(11-7-3-1-4-8-11)12-9-5-2-6-10-12;1-2;;;;;/h2,4-5,8-9,13-14H,3,6-7,10-11H2,1H3;2*1,3-4,7-8,12-13H,2,5-6,9-10H2,(H,15,16);2H,1H3;4*1H;1H2. The maximum Gasteiger partial charge on any atom is 0.313 e. The lowest BCUT2D eigenvalue weighted by Crippen LogP contribution is -2.24. The third-order valence-electron chi connectivity index (χ3n) is 10.8. The Balaban J connectivity index is -0.000000705. The minimum atomic E-state index is -0.668. The zero-order chi connectivity index (χ0) is 36.8. The highest BCUT2D eigenvalue weighted by atomic mass is 35.5. The van der Waals surface area contributed by atoms with Crippen molar-refractivity contribution in [2.45, 2.75) is 114 Å². The number of aliphatic carboxylic acids is 2. The number of carbonyl (C=O) groups excluding carboxylic acids is 1. The van der Waals surface area contributed by atoms with Gasteiger partial charge in [-0.1, -0.05) is 149 Å². The molecule has 3 aliphatic carbocycles. The van der Waals surface area contributed by atoms with E-state index in [1.165, 1.54) is 64.9 Å². The number of hydrogen-bond acceptors (Lipinski definition) is 5. The van der Waals surface area contributed by atoms with E-state index >= 15 is 0 Å². The van der Waals surface area contributed by atoms with Crippen LogP contribution >= 0.6 is 49.6 Å². The fourth-order valence-electron chi connectivity index (χ4n) is 8.34. The second-order valence-corrected chi connectivity index (χ2v) is 14.1. The van der Waals surface area contributed by atoms with Crippen LogP contribution < -0.4 is 0 Å². The van der Waals surface area contributed by atoms with Crippen LogP contribution in [-0.2, 0) is 19.1 Å². The summed E-state index contributed by atoms with van der Waals surface area (Å²) in [6.45, 7) is 0. The van der Waals surface area contributed by atoms with E-state index in [0.717, 1.165) is 62.3 Å². The lowest BCUT2D eigenvalue weighted by molar-refractivity contribution is -0.144. The molecule has 0 saturated heterocycles. The predicted molar refractivity (Wildman–Crippen MR) is 235 cm³/mol. The van der Waals surface area contributed by atoms with E-state index in [2.05, 4.69) is 0 Å². The fraction of sp³-hybridized carbons (Fsp3) is 0.523. The molecule has 3 fully saturated rings. The number of carbonyl (C=O) groups is 3. The van der Waals surface area contributed by atoms with Gasteiger partial charge in [-0.05, 0) is 73.0 Å². The van der Waals surface area contributed by atoms with Crippen LogP contribution in [0.25, 0.3) is 0 Å². The summed E-state index contributed by atoms with van der Waals surface area (Å²) in [6.07, 6.45) is 17.6. The summed E-state index contributed by atoms with van der Waals surface area (Å²) in [7, 11) is 2.49. The third kappa shape index (κ3) is 18.6. The van der Waals surface area contributed by atoms with E-state index in [1.807, 2.05) is 91.0 Å². The van der Waals surface area contributed by atoms with Crippen LogP contribution in [0.4, 0.5) is 0 Å². The van der Waals surface area contributed by atoms with Gasteiger partial charge in [0.25, 0.3) is 0 Å². The van der Waals surface area contributed by atoms with Crippen molar-refractivity contribution in [3.63, 3.8) is 0 Å². The van der Waals surface area contributed by atoms with Crippen LogP contribution in [0.1, 0.15) is 131 Å². The Kier molecular flexibility index (Phi) is 34.0. The average molecular weight is 865 g/mol. The zero-order valence-electron chi connectivity index (χ0n) is 32.8. The lowest BCUT2D eigenvalue weighted by Gasteiger charge is -2.28. The van der Waals surface area contributed by atoms with Crippen LogP contribution in [0.2, 0.25) is 0 Å². The molecule has 6 rings (SSSR count). The first kappa shape index (κ1) is 57.5. The van der Waals surface area contributed by atoms with Crippen molar-refractivity contribution in [2.24, 2.45) is 17.8 Å². The van der Waals surface area contributed by atoms with Crippen molar-refractivity contribution < 1.29 is 39.9 Å². The zero-order valence-corrected chi connectivity index (χ0v) is 36.1. The number of aliphatic hydroxyl groups excluding tert-OH is 1. The molecule has 5 N–H and O–H groups in total. The van der Waals surface area contributed by atoms with Crippen molar-refractivity contribution in [3.8, 4) is 0 Å². The van der Waals surface area contributed by atoms with Crippen LogP contribution in [0.3, 0.4) is 0 Å². The van der Waals surface area contributed by atoms with Crippen LogP contribution in [0.5, 0.6) is 0 Å². The molecule has 0 amide bonds. The highest BCUT2D eigenvalue weighted by molar-refractivity contribution is 5.86. The molecule has 3 aromatic rings. The average Bonchev–Trinajstić information content (AvgIpc) is 3.19. The van der Waals surface area contributed by atoms with Crippen LogP contribution in [-0.4, -0.2) is 52.9 Å². The number of aliphatic hydroxyl groups is 1. The van der Waals surface area contributed by atoms with Crippen molar-refractivity contribution in [1.82, 2.24) is 0 Å². The van der Waals surface area contributed by atoms with Crippen molar-refractivity contribution >= 4 is 67.5 Å². The minimum Gasteiger partial charge on any atom is -0.481 e. The number of halogens is 4. The van der Waals surface area contributed by atoms with Gasteiger partial charge in [0.05, 0.1) is 24.9 Å². The Morgan fingerprint density at radius 3 is 0.929 bits per heavy atom. The Labute approximate surface area is 359 Å². The molecule has 0 aliphatic heterocycles. The van der Waals surface area contributed by atoms with Crippen molar-refractivity contribution in [1.29, 1.82) is 0 Å². The van der Waals surface area contributed by atoms with Gasteiger partial charge < -0.3 is 25.5 Å². The number of rotatable bonds is 9. The predicted octanol–water partition coefficient (Wildman–Crippen LogP) is 10.9. The number of carboxylic acids is 2. The first-order valence-electron chi connectivity index (χ1n) is 19.0. The highest BCUT2D eigenvalue weighted by Crippen LogP contribution is 2.38. The van der Waals surface area contributed by atoms with E-state index in [4.69, 9.17) is 9.84 Å². The summed E-state index contributed by atoms with van der Waals surface area (Å²) in [4.78, 5) is 34.8. The largest absolute Gasteiger partial charge is 0.481 e. The van der Waals surface area contributed by atoms with Gasteiger partial charge in [-0.2, -0.15) is 0 Å². The monoisotopic (exact) mass is 862 g/mol. The third-order valence-corrected chi connectivity index (χ3v) is 10.8. The Morgan fingerprint density at radius 2 is 0.696 bits per heavy atom. The number of methoxy groups -OCH3 is 1. The molecule has 3 saturated carbocycles. The maximum atomic E-state index is 12.0. The maximum absolute atomic E-state index is 12.0. The van der Waals surface area contributed by atoms with E-state index < -0.39 is 11.9 Å². The number of esters is 1. The summed E-state index contributed by atoms with van der Waals surface area (Å²) in [5, 5.41) is 25.8. The Bertz CT molecular complexity index is 1330. The van der Waals surface area contributed by atoms with E-state index in [0.29, 0.717) is 17.8 Å². The molecule has 0 aromatic heterocycles. The molecular weight excluding hydrogens is 798 g/mol. The summed E-state index contributed by atoms with van der Waals surface area (Å²) in [5.74, 6) is -0.982. The molecule has 3 unspecified atom stereocenters. The quantitative estimate of drug-likeness (QED) is 0.181. The molecule has 0 heterocycles. The van der Waals surface area contributed by atoms with Crippen molar-refractivity contribution in [3.05, 3.63) is 108 Å². The number of carboxylic acid groups (broad SMARTS) is 2. The van der Waals surface area contributed by atoms with Gasteiger partial charge in [-0.3, -0.25) is 14.4 Å². The summed E-state index contributed by atoms with van der Waals surface area (Å²) in [6, 6.07) is 29.4. The first-order valence-corrected chi connectivity index (χ1v) is 19.0. The summed E-state index contributed by atoms with van der Waals surface area (Å²) >= 11 is 0. The molecule has 56 heavy (non-hydrogen) atoms. The van der Waals surface area contributed by atoms with Crippen LogP contribution in [0, 0.1) is 17.8 Å². The molecule has 0 spiro atoms. The van der Waals surface area contributed by atoms with Gasteiger partial charge in [0.1, 0.15) is 0 Å². The molecule has 3 aliphatic rings. The van der Waals surface area contributed by atoms with Gasteiger partial charge >= 0.3 is 17.9 Å². The Hall–Kier alpha value is -2.85. The summed E-state index contributed by atoms with van der Waals surface area (Å²) < 4.78 is 4.98. The van der Waals surface area contributed by atoms with Gasteiger partial charge in [0, 0.05) is 7.11 Å². The second-order valence-electron chi connectivity index (χ2n) is 14.1. The van der Waals surface area contributed by atoms with Crippen LogP contribution in [0.15, 0.2) is 91.0 Å². The normalized spacial score (nSPS) is 16.8. The van der Waals surface area contributed by atoms with Gasteiger partial charge in [-0.25, -0.2) is 0 Å². The van der Waals surface area contributed by atoms with E-state index in [9.17, 15) is 24.6 Å². The molecule has 0 bridgehead atoms. The number of hydrogen-bond donors (Lipinski definition) is 3. The smallest absolute Gasteiger partial charge is 0.313 e. The molecular formula is C44H66Cl4O8. The van der Waals surface area contributed by atoms with Crippen molar-refractivity contribution in [2.75, 3.05) is 14.2 Å². The van der Waals surface area contributed by atoms with E-state index in [-0.39, 0.29) is 78.8 Å². The van der Waals surface area contributed by atoms with Gasteiger partial charge in [-0.15, -0.1) is 49.6 Å². The fourth-order valence-corrected chi connectivity index (χ4v) is 8.34. The highest BCUT2D eigenvalue weighted by Gasteiger charge is 2.33. The lowest BCUT2D eigenvalue weighted by atomic mass is 9.77. The first-order chi connectivity index (χ1) is 24.9. The minimum absolute atomic E-state index is 0. The second kappa shape index (κ2) is 33.2. The molecule has 3 aromatic carbocycles. The van der Waals surface area contributed by atoms with Gasteiger partial charge in [0.2, 0.25) is 0 Å². The molecule has 8 nitrogen and oxygen atoms in total. The number of ether oxygens (including phenoxy) is 1. The van der Waals surface area contributed by atoms with Gasteiger partial charge in [0.15, 0.2) is 0 Å². The molecule has 3 atom stereocenters. The summed E-state index contributed by atoms with van der Waals surface area (Å²) in [5.41, 5.74) is 3.02. The topological polar surface area (TPSA) is 153 Å². The number of benzene rings is 3. The molecule has 0 radical (unpaired) electrons. The molecule has 12 heteroatoms. The van der Waals surface area contributed by atoms with E-state index in [1.54, 1.807) is 0 Å².